The number of carbonyl (C=O) groups excluding carboxylic acids is 2. The monoisotopic (exact) mass is 403 g/mol. The first-order valence-corrected chi connectivity index (χ1v) is 10.8. The van der Waals surface area contributed by atoms with Crippen molar-refractivity contribution >= 4 is 11.8 Å². The minimum Gasteiger partial charge on any atom is -0.376 e. The van der Waals surface area contributed by atoms with E-state index in [1.165, 1.54) is 0 Å². The van der Waals surface area contributed by atoms with Gasteiger partial charge >= 0.3 is 0 Å². The summed E-state index contributed by atoms with van der Waals surface area (Å²) in [5.41, 5.74) is 1.16. The maximum absolute atomic E-state index is 12.5. The van der Waals surface area contributed by atoms with Gasteiger partial charge in [-0.3, -0.25) is 19.2 Å². The van der Waals surface area contributed by atoms with Gasteiger partial charge in [-0.05, 0) is 32.6 Å². The number of aryl methyl sites for hydroxylation is 1. The van der Waals surface area contributed by atoms with Gasteiger partial charge in [0.15, 0.2) is 0 Å². The highest BCUT2D eigenvalue weighted by atomic mass is 16.5. The predicted octanol–water partition coefficient (Wildman–Crippen LogP) is 0.819. The lowest BCUT2D eigenvalue weighted by Crippen LogP contribution is -2.37. The van der Waals surface area contributed by atoms with Crippen LogP contribution in [0.2, 0.25) is 0 Å². The van der Waals surface area contributed by atoms with Crippen molar-refractivity contribution in [2.45, 2.75) is 70.3 Å². The van der Waals surface area contributed by atoms with Crippen LogP contribution in [0.5, 0.6) is 0 Å². The molecule has 0 aromatic carbocycles. The van der Waals surface area contributed by atoms with E-state index in [0.717, 1.165) is 31.5 Å². The van der Waals surface area contributed by atoms with E-state index in [9.17, 15) is 9.59 Å². The molecule has 160 valence electrons. The van der Waals surface area contributed by atoms with Crippen LogP contribution in [-0.4, -0.2) is 63.9 Å². The molecular formula is C21H33N5O3. The summed E-state index contributed by atoms with van der Waals surface area (Å²) in [6.07, 6.45) is 6.86. The van der Waals surface area contributed by atoms with Gasteiger partial charge in [-0.2, -0.15) is 5.10 Å². The molecule has 2 amide bonds. The van der Waals surface area contributed by atoms with Gasteiger partial charge in [0.1, 0.15) is 0 Å². The summed E-state index contributed by atoms with van der Waals surface area (Å²) in [6.45, 7) is 6.20. The number of nitrogens with one attached hydrogen (secondary N) is 2. The fourth-order valence-electron chi connectivity index (χ4n) is 4.90. The number of rotatable bonds is 8. The Morgan fingerprint density at radius 3 is 2.72 bits per heavy atom. The minimum absolute atomic E-state index is 0.0255. The lowest BCUT2D eigenvalue weighted by atomic mass is 9.84. The molecule has 0 spiro atoms. The van der Waals surface area contributed by atoms with Crippen molar-refractivity contribution in [1.82, 2.24) is 25.3 Å². The van der Waals surface area contributed by atoms with E-state index in [4.69, 9.17) is 4.74 Å². The number of likely N-dealkylation sites (tertiary alicyclic amines) is 1. The second-order valence-electron chi connectivity index (χ2n) is 9.20. The standard InChI is InChI=1S/C21H33N5O3/c1-13(2)23-20(28)7-18-21-15(6-19(27)24-16-4-5-16)11-26(17(21)12-29-18)10-14-8-22-25(3)9-14/h8-9,13,15-18,21H,4-7,10-12H2,1-3H3,(H,23,28)(H,24,27)/t15-,17-,18+,21-/m1/s1. The van der Waals surface area contributed by atoms with Crippen molar-refractivity contribution in [3.63, 3.8) is 0 Å². The second kappa shape index (κ2) is 8.44. The lowest BCUT2D eigenvalue weighted by Gasteiger charge is -2.23. The van der Waals surface area contributed by atoms with Crippen molar-refractivity contribution in [1.29, 1.82) is 0 Å². The quantitative estimate of drug-likeness (QED) is 0.671. The molecule has 29 heavy (non-hydrogen) atoms. The molecule has 3 aliphatic rings. The summed E-state index contributed by atoms with van der Waals surface area (Å²) in [5.74, 6) is 0.568. The zero-order chi connectivity index (χ0) is 20.5. The first kappa shape index (κ1) is 20.3. The molecule has 4 atom stereocenters. The number of hydrogen-bond acceptors (Lipinski definition) is 5. The number of ether oxygens (including phenoxy) is 1. The molecule has 0 radical (unpaired) electrons. The number of hydrogen-bond donors (Lipinski definition) is 2. The van der Waals surface area contributed by atoms with Gasteiger partial charge in [0.05, 0.1) is 25.3 Å². The topological polar surface area (TPSA) is 88.5 Å². The Hall–Kier alpha value is -1.93. The molecule has 8 nitrogen and oxygen atoms in total. The minimum atomic E-state index is -0.128. The molecule has 3 heterocycles. The van der Waals surface area contributed by atoms with Crippen LogP contribution >= 0.6 is 0 Å². The van der Waals surface area contributed by atoms with Crippen LogP contribution in [0, 0.1) is 11.8 Å². The third kappa shape index (κ3) is 4.98. The number of amides is 2. The molecule has 2 N–H and O–H groups in total. The van der Waals surface area contributed by atoms with Crippen molar-refractivity contribution in [2.75, 3.05) is 13.2 Å². The van der Waals surface area contributed by atoms with Gasteiger partial charge in [0.2, 0.25) is 11.8 Å². The molecule has 0 unspecified atom stereocenters. The summed E-state index contributed by atoms with van der Waals surface area (Å²) in [5, 5.41) is 10.4. The van der Waals surface area contributed by atoms with Crippen LogP contribution in [-0.2, 0) is 27.9 Å². The van der Waals surface area contributed by atoms with Gasteiger partial charge in [0, 0.05) is 62.4 Å². The number of carbonyl (C=O) groups is 2. The largest absolute Gasteiger partial charge is 0.376 e. The van der Waals surface area contributed by atoms with E-state index >= 15 is 0 Å². The average Bonchev–Trinajstić information content (AvgIpc) is 3.05. The molecule has 1 aliphatic carbocycles. The van der Waals surface area contributed by atoms with Gasteiger partial charge in [-0.1, -0.05) is 0 Å². The van der Waals surface area contributed by atoms with Gasteiger partial charge in [-0.15, -0.1) is 0 Å². The van der Waals surface area contributed by atoms with Crippen LogP contribution in [0.25, 0.3) is 0 Å². The lowest BCUT2D eigenvalue weighted by molar-refractivity contribution is -0.124. The molecular weight excluding hydrogens is 370 g/mol. The molecule has 4 rings (SSSR count). The van der Waals surface area contributed by atoms with E-state index in [-0.39, 0.29) is 41.8 Å². The summed E-state index contributed by atoms with van der Waals surface area (Å²) in [7, 11) is 1.92. The van der Waals surface area contributed by atoms with Gasteiger partial charge < -0.3 is 15.4 Å². The van der Waals surface area contributed by atoms with Gasteiger partial charge in [0.25, 0.3) is 0 Å². The zero-order valence-electron chi connectivity index (χ0n) is 17.6. The number of aromatic nitrogens is 2. The smallest absolute Gasteiger partial charge is 0.222 e. The summed E-state index contributed by atoms with van der Waals surface area (Å²) in [4.78, 5) is 27.3. The van der Waals surface area contributed by atoms with Crippen molar-refractivity contribution in [3.05, 3.63) is 18.0 Å². The Labute approximate surface area is 172 Å². The molecule has 8 heteroatoms. The Morgan fingerprint density at radius 1 is 1.28 bits per heavy atom. The summed E-state index contributed by atoms with van der Waals surface area (Å²) in [6, 6.07) is 0.731. The van der Waals surface area contributed by atoms with E-state index in [2.05, 4.69) is 20.6 Å². The second-order valence-corrected chi connectivity index (χ2v) is 9.20. The third-order valence-electron chi connectivity index (χ3n) is 6.21. The number of fused-ring (bicyclic) bond motifs is 1. The molecule has 0 bridgehead atoms. The molecule has 3 fully saturated rings. The predicted molar refractivity (Wildman–Crippen MR) is 108 cm³/mol. The van der Waals surface area contributed by atoms with E-state index < -0.39 is 0 Å². The molecule has 1 aromatic heterocycles. The van der Waals surface area contributed by atoms with Crippen molar-refractivity contribution in [2.24, 2.45) is 18.9 Å². The Bertz CT molecular complexity index is 744. The van der Waals surface area contributed by atoms with E-state index in [1.807, 2.05) is 38.0 Å². The first-order chi connectivity index (χ1) is 13.9. The third-order valence-corrected chi connectivity index (χ3v) is 6.21. The van der Waals surface area contributed by atoms with Crippen LogP contribution in [0.3, 0.4) is 0 Å². The Kier molecular flexibility index (Phi) is 5.92. The van der Waals surface area contributed by atoms with Crippen LogP contribution in [0.1, 0.15) is 45.1 Å². The highest BCUT2D eigenvalue weighted by Crippen LogP contribution is 2.42. The van der Waals surface area contributed by atoms with Crippen LogP contribution in [0.15, 0.2) is 12.4 Å². The number of nitrogens with zero attached hydrogens (tertiary/aromatic N) is 3. The highest BCUT2D eigenvalue weighted by molar-refractivity contribution is 5.77. The molecule has 1 saturated carbocycles. The molecule has 2 saturated heterocycles. The highest BCUT2D eigenvalue weighted by Gasteiger charge is 2.51. The van der Waals surface area contributed by atoms with Crippen molar-refractivity contribution < 1.29 is 14.3 Å². The SMILES string of the molecule is CC(C)NC(=O)C[C@@H]1OC[C@@H]2[C@H]1[C@H](CC(=O)NC1CC1)CN2Cc1cnn(C)c1. The van der Waals surface area contributed by atoms with Crippen LogP contribution in [0.4, 0.5) is 0 Å². The fourth-order valence-corrected chi connectivity index (χ4v) is 4.90. The average molecular weight is 404 g/mol. The maximum atomic E-state index is 12.5. The van der Waals surface area contributed by atoms with E-state index in [1.54, 1.807) is 0 Å². The Balaban J connectivity index is 1.45. The zero-order valence-corrected chi connectivity index (χ0v) is 17.6. The Morgan fingerprint density at radius 2 is 2.07 bits per heavy atom. The van der Waals surface area contributed by atoms with Crippen molar-refractivity contribution in [3.8, 4) is 0 Å². The molecule has 2 aliphatic heterocycles. The first-order valence-electron chi connectivity index (χ1n) is 10.8. The van der Waals surface area contributed by atoms with Gasteiger partial charge in [-0.25, -0.2) is 0 Å². The summed E-state index contributed by atoms with van der Waals surface area (Å²) >= 11 is 0. The van der Waals surface area contributed by atoms with E-state index in [0.29, 0.717) is 25.5 Å². The maximum Gasteiger partial charge on any atom is 0.222 e. The van der Waals surface area contributed by atoms with Crippen LogP contribution < -0.4 is 10.6 Å². The molecule has 1 aromatic rings. The summed E-state index contributed by atoms with van der Waals surface area (Å²) < 4.78 is 7.91. The fraction of sp³-hybridized carbons (Fsp3) is 0.762. The normalized spacial score (nSPS) is 29.2.